The van der Waals surface area contributed by atoms with Gasteiger partial charge in [-0.25, -0.2) is 4.79 Å². The Morgan fingerprint density at radius 3 is 2.75 bits per heavy atom. The van der Waals surface area contributed by atoms with Crippen molar-refractivity contribution in [3.05, 3.63) is 41.5 Å². The van der Waals surface area contributed by atoms with E-state index >= 15 is 0 Å². The number of allylic oxidation sites excluding steroid dienone is 2. The fourth-order valence-corrected chi connectivity index (χ4v) is 2.47. The van der Waals surface area contributed by atoms with Crippen molar-refractivity contribution in [3.8, 4) is 0 Å². The summed E-state index contributed by atoms with van der Waals surface area (Å²) in [5, 5.41) is 2.64. The van der Waals surface area contributed by atoms with Crippen molar-refractivity contribution in [1.29, 1.82) is 0 Å². The summed E-state index contributed by atoms with van der Waals surface area (Å²) < 4.78 is 9.65. The zero-order valence-corrected chi connectivity index (χ0v) is 13.8. The van der Waals surface area contributed by atoms with E-state index in [0.717, 1.165) is 18.4 Å². The SMILES string of the molecule is COC(=O)c1ccc(C)c(NC(=O)COC(=O)C[C@H]2C=CCC2)c1. The number of benzene rings is 1. The number of aryl methyl sites for hydroxylation is 1. The lowest BCUT2D eigenvalue weighted by Gasteiger charge is -2.11. The van der Waals surface area contributed by atoms with Gasteiger partial charge in [0.25, 0.3) is 5.91 Å². The molecule has 0 bridgehead atoms. The van der Waals surface area contributed by atoms with Gasteiger partial charge in [0.15, 0.2) is 6.61 Å². The van der Waals surface area contributed by atoms with E-state index in [9.17, 15) is 14.4 Å². The van der Waals surface area contributed by atoms with Gasteiger partial charge in [-0.3, -0.25) is 9.59 Å². The van der Waals surface area contributed by atoms with Crippen LogP contribution in [0.15, 0.2) is 30.4 Å². The molecule has 1 aromatic carbocycles. The molecule has 2 rings (SSSR count). The van der Waals surface area contributed by atoms with Crippen LogP contribution in [0.4, 0.5) is 5.69 Å². The van der Waals surface area contributed by atoms with Gasteiger partial charge in [-0.2, -0.15) is 0 Å². The second kappa shape index (κ2) is 8.29. The summed E-state index contributed by atoms with van der Waals surface area (Å²) in [6.45, 7) is 1.45. The van der Waals surface area contributed by atoms with Gasteiger partial charge in [-0.15, -0.1) is 0 Å². The van der Waals surface area contributed by atoms with E-state index in [1.165, 1.54) is 13.2 Å². The second-order valence-corrected chi connectivity index (χ2v) is 5.70. The van der Waals surface area contributed by atoms with Crippen molar-refractivity contribution in [2.45, 2.75) is 26.2 Å². The summed E-state index contributed by atoms with van der Waals surface area (Å²) >= 11 is 0. The van der Waals surface area contributed by atoms with E-state index in [-0.39, 0.29) is 18.5 Å². The number of ether oxygens (including phenoxy) is 2. The van der Waals surface area contributed by atoms with Gasteiger partial charge in [0.2, 0.25) is 0 Å². The third-order valence-corrected chi connectivity index (χ3v) is 3.84. The van der Waals surface area contributed by atoms with E-state index in [0.29, 0.717) is 17.7 Å². The molecule has 128 valence electrons. The van der Waals surface area contributed by atoms with Crippen LogP contribution in [-0.2, 0) is 19.1 Å². The Hall–Kier alpha value is -2.63. The molecule has 0 unspecified atom stereocenters. The van der Waals surface area contributed by atoms with Crippen molar-refractivity contribution >= 4 is 23.5 Å². The van der Waals surface area contributed by atoms with Gasteiger partial charge in [0, 0.05) is 5.69 Å². The smallest absolute Gasteiger partial charge is 0.337 e. The van der Waals surface area contributed by atoms with E-state index in [1.54, 1.807) is 19.1 Å². The predicted molar refractivity (Wildman–Crippen MR) is 88.6 cm³/mol. The van der Waals surface area contributed by atoms with E-state index < -0.39 is 11.9 Å². The Morgan fingerprint density at radius 1 is 1.29 bits per heavy atom. The Morgan fingerprint density at radius 2 is 2.08 bits per heavy atom. The zero-order chi connectivity index (χ0) is 17.5. The lowest BCUT2D eigenvalue weighted by Crippen LogP contribution is -2.22. The number of amides is 1. The average Bonchev–Trinajstić information content (AvgIpc) is 3.07. The molecular weight excluding hydrogens is 310 g/mol. The summed E-state index contributed by atoms with van der Waals surface area (Å²) in [5.41, 5.74) is 1.61. The first kappa shape index (κ1) is 17.7. The molecule has 0 fully saturated rings. The van der Waals surface area contributed by atoms with Crippen LogP contribution < -0.4 is 5.32 Å². The van der Waals surface area contributed by atoms with Gasteiger partial charge in [-0.1, -0.05) is 18.2 Å². The van der Waals surface area contributed by atoms with E-state index in [2.05, 4.69) is 10.1 Å². The van der Waals surface area contributed by atoms with Gasteiger partial charge >= 0.3 is 11.9 Å². The Labute approximate surface area is 140 Å². The molecule has 0 heterocycles. The summed E-state index contributed by atoms with van der Waals surface area (Å²) in [4.78, 5) is 35.2. The Balaban J connectivity index is 1.86. The van der Waals surface area contributed by atoms with E-state index in [4.69, 9.17) is 4.74 Å². The fourth-order valence-electron chi connectivity index (χ4n) is 2.47. The summed E-state index contributed by atoms with van der Waals surface area (Å²) in [6.07, 6.45) is 6.26. The molecule has 0 aliphatic heterocycles. The third-order valence-electron chi connectivity index (χ3n) is 3.84. The monoisotopic (exact) mass is 331 g/mol. The molecule has 0 aromatic heterocycles. The maximum Gasteiger partial charge on any atom is 0.337 e. The van der Waals surface area contributed by atoms with Gasteiger partial charge in [0.05, 0.1) is 19.1 Å². The zero-order valence-electron chi connectivity index (χ0n) is 13.8. The van der Waals surface area contributed by atoms with Crippen molar-refractivity contribution < 1.29 is 23.9 Å². The maximum atomic E-state index is 11.9. The Bertz CT molecular complexity index is 665. The number of esters is 2. The normalized spacial score (nSPS) is 15.8. The molecule has 0 radical (unpaired) electrons. The molecule has 6 nitrogen and oxygen atoms in total. The molecule has 1 aliphatic carbocycles. The molecule has 24 heavy (non-hydrogen) atoms. The molecule has 1 atom stereocenters. The molecule has 1 amide bonds. The van der Waals surface area contributed by atoms with Gasteiger partial charge in [-0.05, 0) is 43.4 Å². The number of methoxy groups -OCH3 is 1. The van der Waals surface area contributed by atoms with Crippen LogP contribution in [0, 0.1) is 12.8 Å². The molecule has 1 aromatic rings. The molecule has 1 N–H and O–H groups in total. The number of carbonyl (C=O) groups is 3. The van der Waals surface area contributed by atoms with Crippen molar-refractivity contribution in [2.24, 2.45) is 5.92 Å². The van der Waals surface area contributed by atoms with Crippen molar-refractivity contribution in [2.75, 3.05) is 19.0 Å². The van der Waals surface area contributed by atoms with Crippen molar-refractivity contribution in [1.82, 2.24) is 0 Å². The number of rotatable bonds is 6. The minimum absolute atomic E-state index is 0.208. The van der Waals surface area contributed by atoms with Crippen LogP contribution in [0.1, 0.15) is 35.2 Å². The standard InChI is InChI=1S/C18H21NO5/c1-12-7-8-14(18(22)23-2)10-15(12)19-16(20)11-24-17(21)9-13-5-3-4-6-13/h3,5,7-8,10,13H,4,6,9,11H2,1-2H3,(H,19,20)/t13-/m0/s1. The van der Waals surface area contributed by atoms with Gasteiger partial charge < -0.3 is 14.8 Å². The molecule has 1 aliphatic rings. The first-order valence-corrected chi connectivity index (χ1v) is 7.80. The number of nitrogens with one attached hydrogen (secondary N) is 1. The quantitative estimate of drug-likeness (QED) is 0.640. The fraction of sp³-hybridized carbons (Fsp3) is 0.389. The molecule has 0 saturated carbocycles. The lowest BCUT2D eigenvalue weighted by molar-refractivity contribution is -0.147. The van der Waals surface area contributed by atoms with Crippen LogP contribution in [-0.4, -0.2) is 31.6 Å². The van der Waals surface area contributed by atoms with E-state index in [1.807, 2.05) is 12.2 Å². The summed E-state index contributed by atoms with van der Waals surface area (Å²) in [7, 11) is 1.29. The number of anilines is 1. The van der Waals surface area contributed by atoms with Crippen LogP contribution in [0.5, 0.6) is 0 Å². The van der Waals surface area contributed by atoms with Crippen molar-refractivity contribution in [3.63, 3.8) is 0 Å². The average molecular weight is 331 g/mol. The van der Waals surface area contributed by atoms with Crippen LogP contribution >= 0.6 is 0 Å². The topological polar surface area (TPSA) is 81.7 Å². The largest absolute Gasteiger partial charge is 0.465 e. The highest BCUT2D eigenvalue weighted by molar-refractivity contribution is 5.96. The highest BCUT2D eigenvalue weighted by Crippen LogP contribution is 2.21. The maximum absolute atomic E-state index is 11.9. The highest BCUT2D eigenvalue weighted by Gasteiger charge is 2.16. The van der Waals surface area contributed by atoms with Crippen LogP contribution in [0.25, 0.3) is 0 Å². The first-order chi connectivity index (χ1) is 11.5. The number of carbonyl (C=O) groups excluding carboxylic acids is 3. The first-order valence-electron chi connectivity index (χ1n) is 7.80. The number of hydrogen-bond donors (Lipinski definition) is 1. The van der Waals surface area contributed by atoms with Gasteiger partial charge in [0.1, 0.15) is 0 Å². The summed E-state index contributed by atoms with van der Waals surface area (Å²) in [6, 6.07) is 4.86. The Kier molecular flexibility index (Phi) is 6.12. The molecule has 0 spiro atoms. The number of hydrogen-bond acceptors (Lipinski definition) is 5. The lowest BCUT2D eigenvalue weighted by atomic mass is 10.1. The highest BCUT2D eigenvalue weighted by atomic mass is 16.5. The predicted octanol–water partition coefficient (Wildman–Crippen LogP) is 2.62. The molecule has 6 heteroatoms. The minimum Gasteiger partial charge on any atom is -0.465 e. The minimum atomic E-state index is -0.485. The second-order valence-electron chi connectivity index (χ2n) is 5.70. The molecule has 0 saturated heterocycles. The third kappa shape index (κ3) is 4.94. The van der Waals surface area contributed by atoms with Crippen LogP contribution in [0.3, 0.4) is 0 Å². The van der Waals surface area contributed by atoms with Crippen LogP contribution in [0.2, 0.25) is 0 Å². The summed E-state index contributed by atoms with van der Waals surface area (Å²) in [5.74, 6) is -1.11. The molecular formula is C18H21NO5.